The fraction of sp³-hybridized carbons (Fsp3) is 0.400. The van der Waals surface area contributed by atoms with Crippen LogP contribution in [0.4, 0.5) is 0 Å². The van der Waals surface area contributed by atoms with E-state index in [0.717, 1.165) is 11.3 Å². The van der Waals surface area contributed by atoms with Gasteiger partial charge < -0.3 is 9.84 Å². The minimum Gasteiger partial charge on any atom is -0.481 e. The Balaban J connectivity index is 2.64. The van der Waals surface area contributed by atoms with Crippen LogP contribution in [0, 0.1) is 0 Å². The molecule has 0 saturated carbocycles. The van der Waals surface area contributed by atoms with Crippen molar-refractivity contribution in [3.8, 4) is 0 Å². The molecule has 0 unspecified atom stereocenters. The summed E-state index contributed by atoms with van der Waals surface area (Å²) in [7, 11) is -2.50. The first-order valence-electron chi connectivity index (χ1n) is 5.26. The smallest absolute Gasteiger partial charge is 0.348 e. The lowest BCUT2D eigenvalue weighted by Crippen LogP contribution is -2.24. The van der Waals surface area contributed by atoms with E-state index in [1.165, 1.54) is 19.2 Å². The van der Waals surface area contributed by atoms with E-state index in [-0.39, 0.29) is 28.5 Å². The van der Waals surface area contributed by atoms with Crippen molar-refractivity contribution in [1.29, 1.82) is 0 Å². The molecule has 9 heteroatoms. The van der Waals surface area contributed by atoms with Crippen LogP contribution in [0.3, 0.4) is 0 Å². The minimum atomic E-state index is -3.71. The zero-order valence-electron chi connectivity index (χ0n) is 10.1. The van der Waals surface area contributed by atoms with Crippen LogP contribution >= 0.6 is 11.3 Å². The van der Waals surface area contributed by atoms with Crippen molar-refractivity contribution in [2.45, 2.75) is 17.1 Å². The zero-order valence-corrected chi connectivity index (χ0v) is 11.7. The molecule has 2 N–H and O–H groups in total. The van der Waals surface area contributed by atoms with Crippen molar-refractivity contribution in [2.75, 3.05) is 13.7 Å². The minimum absolute atomic E-state index is 0.0109. The topological polar surface area (TPSA) is 110 Å². The van der Waals surface area contributed by atoms with E-state index in [9.17, 15) is 18.0 Å². The highest BCUT2D eigenvalue weighted by Crippen LogP contribution is 2.21. The summed E-state index contributed by atoms with van der Waals surface area (Å²) < 4.78 is 30.3. The third-order valence-corrected chi connectivity index (χ3v) is 5.11. The van der Waals surface area contributed by atoms with E-state index >= 15 is 0 Å². The Morgan fingerprint density at radius 2 is 2.11 bits per heavy atom. The number of carbonyl (C=O) groups excluding carboxylic acids is 1. The molecule has 1 rings (SSSR count). The van der Waals surface area contributed by atoms with Gasteiger partial charge in [0, 0.05) is 13.0 Å². The molecule has 0 aliphatic heterocycles. The number of esters is 1. The first-order chi connectivity index (χ1) is 8.86. The molecular formula is C10H13NO6S2. The quantitative estimate of drug-likeness (QED) is 0.566. The third-order valence-electron chi connectivity index (χ3n) is 2.09. The average molecular weight is 307 g/mol. The molecule has 0 spiro atoms. The first kappa shape index (κ1) is 15.6. The Bertz CT molecular complexity index is 562. The lowest BCUT2D eigenvalue weighted by Gasteiger charge is -2.03. The molecule has 0 aliphatic carbocycles. The van der Waals surface area contributed by atoms with Gasteiger partial charge in [-0.05, 0) is 18.6 Å². The summed E-state index contributed by atoms with van der Waals surface area (Å²) in [6.45, 7) is 0.0279. The summed E-state index contributed by atoms with van der Waals surface area (Å²) >= 11 is 0.796. The standard InChI is InChI=1S/C10H13NO6S2/c1-17-10(14)7-4-5-9(18-7)19(15,16)11-6-2-3-8(12)13/h4-5,11H,2-3,6H2,1H3,(H,12,13). The predicted octanol–water partition coefficient (Wildman–Crippen LogP) is 0.678. The lowest BCUT2D eigenvalue weighted by atomic mass is 10.3. The normalized spacial score (nSPS) is 11.2. The van der Waals surface area contributed by atoms with Gasteiger partial charge in [0.2, 0.25) is 10.0 Å². The number of aliphatic carboxylic acids is 1. The van der Waals surface area contributed by atoms with Crippen molar-refractivity contribution < 1.29 is 27.9 Å². The summed E-state index contributed by atoms with van der Waals surface area (Å²) in [5.74, 6) is -1.58. The lowest BCUT2D eigenvalue weighted by molar-refractivity contribution is -0.137. The molecule has 0 amide bonds. The number of hydrogen-bond donors (Lipinski definition) is 2. The van der Waals surface area contributed by atoms with Crippen LogP contribution in [-0.2, 0) is 19.6 Å². The second-order valence-corrected chi connectivity index (χ2v) is 6.58. The highest BCUT2D eigenvalue weighted by atomic mass is 32.2. The van der Waals surface area contributed by atoms with Gasteiger partial charge in [-0.2, -0.15) is 0 Å². The van der Waals surface area contributed by atoms with Gasteiger partial charge in [0.05, 0.1) is 7.11 Å². The van der Waals surface area contributed by atoms with E-state index in [4.69, 9.17) is 5.11 Å². The molecule has 0 radical (unpaired) electrons. The van der Waals surface area contributed by atoms with Crippen LogP contribution in [0.15, 0.2) is 16.3 Å². The largest absolute Gasteiger partial charge is 0.481 e. The molecule has 0 fully saturated rings. The molecule has 0 saturated heterocycles. The van der Waals surface area contributed by atoms with E-state index in [0.29, 0.717) is 0 Å². The van der Waals surface area contributed by atoms with Crippen LogP contribution in [0.5, 0.6) is 0 Å². The number of carboxylic acids is 1. The van der Waals surface area contributed by atoms with Crippen molar-refractivity contribution in [3.05, 3.63) is 17.0 Å². The summed E-state index contributed by atoms with van der Waals surface area (Å²) in [5, 5.41) is 8.42. The van der Waals surface area contributed by atoms with Crippen LogP contribution in [-0.4, -0.2) is 39.1 Å². The highest BCUT2D eigenvalue weighted by molar-refractivity contribution is 7.91. The SMILES string of the molecule is COC(=O)c1ccc(S(=O)(=O)NCCCC(=O)O)s1. The van der Waals surface area contributed by atoms with Crippen LogP contribution < -0.4 is 4.72 Å². The van der Waals surface area contributed by atoms with Crippen molar-refractivity contribution in [1.82, 2.24) is 4.72 Å². The molecule has 0 atom stereocenters. The molecule has 1 aromatic heterocycles. The molecule has 0 aromatic carbocycles. The number of ether oxygens (including phenoxy) is 1. The number of methoxy groups -OCH3 is 1. The van der Waals surface area contributed by atoms with Gasteiger partial charge in [0.1, 0.15) is 9.09 Å². The number of rotatable bonds is 7. The number of thiophene rings is 1. The van der Waals surface area contributed by atoms with Gasteiger partial charge in [0.15, 0.2) is 0 Å². The molecule has 1 heterocycles. The molecule has 0 bridgehead atoms. The fourth-order valence-corrected chi connectivity index (χ4v) is 3.54. The number of carboxylic acid groups (broad SMARTS) is 1. The number of nitrogens with one attached hydrogen (secondary N) is 1. The van der Waals surface area contributed by atoms with Crippen molar-refractivity contribution in [2.24, 2.45) is 0 Å². The summed E-state index contributed by atoms with van der Waals surface area (Å²) in [6.07, 6.45) is 0.0875. The molecule has 19 heavy (non-hydrogen) atoms. The highest BCUT2D eigenvalue weighted by Gasteiger charge is 2.19. The van der Waals surface area contributed by atoms with E-state index < -0.39 is 22.0 Å². The fourth-order valence-electron chi connectivity index (χ4n) is 1.19. The Labute approximate surface area is 114 Å². The second kappa shape index (κ2) is 6.64. The van der Waals surface area contributed by atoms with Gasteiger partial charge in [0.25, 0.3) is 0 Å². The van der Waals surface area contributed by atoms with E-state index in [1.807, 2.05) is 0 Å². The molecule has 0 aliphatic rings. The van der Waals surface area contributed by atoms with Gasteiger partial charge in [-0.25, -0.2) is 17.9 Å². The third kappa shape index (κ3) is 4.62. The predicted molar refractivity (Wildman–Crippen MR) is 67.7 cm³/mol. The monoisotopic (exact) mass is 307 g/mol. The molecular weight excluding hydrogens is 294 g/mol. The van der Waals surface area contributed by atoms with Crippen LogP contribution in [0.1, 0.15) is 22.5 Å². The Kier molecular flexibility index (Phi) is 5.45. The molecule has 7 nitrogen and oxygen atoms in total. The van der Waals surface area contributed by atoms with Crippen molar-refractivity contribution >= 4 is 33.3 Å². The summed E-state index contributed by atoms with van der Waals surface area (Å²) in [6, 6.07) is 2.67. The Morgan fingerprint density at radius 1 is 1.42 bits per heavy atom. The van der Waals surface area contributed by atoms with E-state index in [1.54, 1.807) is 0 Å². The van der Waals surface area contributed by atoms with Gasteiger partial charge in [-0.3, -0.25) is 4.79 Å². The van der Waals surface area contributed by atoms with Gasteiger partial charge in [-0.1, -0.05) is 0 Å². The van der Waals surface area contributed by atoms with Crippen LogP contribution in [0.2, 0.25) is 0 Å². The maximum Gasteiger partial charge on any atom is 0.348 e. The molecule has 1 aromatic rings. The van der Waals surface area contributed by atoms with Gasteiger partial charge >= 0.3 is 11.9 Å². The Morgan fingerprint density at radius 3 is 2.68 bits per heavy atom. The Hall–Kier alpha value is -1.45. The summed E-state index contributed by atoms with van der Waals surface area (Å²) in [5.41, 5.74) is 0. The van der Waals surface area contributed by atoms with Gasteiger partial charge in [-0.15, -0.1) is 11.3 Å². The number of sulfonamides is 1. The molecule has 106 valence electrons. The second-order valence-electron chi connectivity index (χ2n) is 3.51. The first-order valence-corrected chi connectivity index (χ1v) is 7.56. The number of carbonyl (C=O) groups is 2. The van der Waals surface area contributed by atoms with Crippen LogP contribution in [0.25, 0.3) is 0 Å². The van der Waals surface area contributed by atoms with E-state index in [2.05, 4.69) is 9.46 Å². The van der Waals surface area contributed by atoms with Crippen molar-refractivity contribution in [3.63, 3.8) is 0 Å². The zero-order chi connectivity index (χ0) is 14.5. The number of hydrogen-bond acceptors (Lipinski definition) is 6. The maximum absolute atomic E-state index is 11.8. The summed E-state index contributed by atoms with van der Waals surface area (Å²) in [4.78, 5) is 21.7. The maximum atomic E-state index is 11.8. The average Bonchev–Trinajstić information content (AvgIpc) is 2.84.